The summed E-state index contributed by atoms with van der Waals surface area (Å²) in [5.74, 6) is 0.124. The molecule has 1 heterocycles. The number of nitrogens with zero attached hydrogens (tertiary/aromatic N) is 2. The summed E-state index contributed by atoms with van der Waals surface area (Å²) in [4.78, 5) is 16.6. The number of sulfonamides is 1. The van der Waals surface area contributed by atoms with Crippen LogP contribution in [0.3, 0.4) is 0 Å². The van der Waals surface area contributed by atoms with Crippen molar-refractivity contribution in [2.75, 3.05) is 12.0 Å². The third kappa shape index (κ3) is 4.07. The first-order valence-electron chi connectivity index (χ1n) is 7.18. The summed E-state index contributed by atoms with van der Waals surface area (Å²) in [5.41, 5.74) is 0.424. The number of carbonyl (C=O) groups excluding carboxylic acids is 1. The lowest BCUT2D eigenvalue weighted by Gasteiger charge is -2.14. The molecule has 1 aliphatic heterocycles. The van der Waals surface area contributed by atoms with E-state index in [0.29, 0.717) is 17.7 Å². The number of fused-ring (bicyclic) bond motifs is 1. The van der Waals surface area contributed by atoms with E-state index in [0.717, 1.165) is 0 Å². The lowest BCUT2D eigenvalue weighted by molar-refractivity contribution is -0.147. The fourth-order valence-corrected chi connectivity index (χ4v) is 3.83. The summed E-state index contributed by atoms with van der Waals surface area (Å²) < 4.78 is 31.6. The van der Waals surface area contributed by atoms with Crippen LogP contribution in [0.5, 0.6) is 0 Å². The van der Waals surface area contributed by atoms with E-state index in [-0.39, 0.29) is 10.7 Å². The first-order chi connectivity index (χ1) is 11.4. The smallest absolute Gasteiger partial charge is 0.332 e. The van der Waals surface area contributed by atoms with Gasteiger partial charge in [0.1, 0.15) is 11.9 Å². The maximum Gasteiger partial charge on any atom is 0.332 e. The summed E-state index contributed by atoms with van der Waals surface area (Å²) in [7, 11) is -3.66. The molecule has 0 aromatic heterocycles. The number of aliphatic imine (C=N–C) groups is 1. The zero-order valence-electron chi connectivity index (χ0n) is 13.2. The SMILES string of the molecule is CSCC[C@@H](N=C1NS(=O)(=O)c2ccccc21)C(=O)O[C@H](C)C#N. The van der Waals surface area contributed by atoms with E-state index in [1.54, 1.807) is 18.2 Å². The van der Waals surface area contributed by atoms with Crippen molar-refractivity contribution in [1.82, 2.24) is 4.72 Å². The standard InChI is InChI=1S/C15H17N3O4S2/c1-10(9-16)22-15(19)12(7-8-23-2)17-14-11-5-3-4-6-13(11)24(20,21)18-14/h3-6,10,12H,7-8H2,1-2H3,(H,17,18)/t10-,12-/m1/s1. The van der Waals surface area contributed by atoms with E-state index in [1.165, 1.54) is 24.8 Å². The highest BCUT2D eigenvalue weighted by molar-refractivity contribution is 7.98. The van der Waals surface area contributed by atoms with Gasteiger partial charge in [0.05, 0.1) is 4.90 Å². The zero-order valence-corrected chi connectivity index (χ0v) is 14.9. The van der Waals surface area contributed by atoms with Gasteiger partial charge < -0.3 is 4.74 Å². The second-order valence-corrected chi connectivity index (χ2v) is 7.72. The van der Waals surface area contributed by atoms with Crippen molar-refractivity contribution in [2.24, 2.45) is 4.99 Å². The van der Waals surface area contributed by atoms with Crippen molar-refractivity contribution in [3.05, 3.63) is 29.8 Å². The quantitative estimate of drug-likeness (QED) is 0.759. The topological polar surface area (TPSA) is 109 Å². The molecule has 0 bridgehead atoms. The highest BCUT2D eigenvalue weighted by atomic mass is 32.2. The van der Waals surface area contributed by atoms with Crippen LogP contribution in [-0.4, -0.2) is 44.4 Å². The van der Waals surface area contributed by atoms with Crippen molar-refractivity contribution < 1.29 is 17.9 Å². The van der Waals surface area contributed by atoms with Gasteiger partial charge in [-0.15, -0.1) is 0 Å². The predicted molar refractivity (Wildman–Crippen MR) is 91.3 cm³/mol. The third-order valence-electron chi connectivity index (χ3n) is 3.29. The van der Waals surface area contributed by atoms with Crippen molar-refractivity contribution in [3.8, 4) is 6.07 Å². The molecular weight excluding hydrogens is 350 g/mol. The fourth-order valence-electron chi connectivity index (χ4n) is 2.13. The van der Waals surface area contributed by atoms with Crippen LogP contribution in [0.2, 0.25) is 0 Å². The van der Waals surface area contributed by atoms with E-state index >= 15 is 0 Å². The maximum atomic E-state index is 12.2. The van der Waals surface area contributed by atoms with Gasteiger partial charge >= 0.3 is 5.97 Å². The van der Waals surface area contributed by atoms with Crippen LogP contribution < -0.4 is 4.72 Å². The Labute approximate surface area is 145 Å². The van der Waals surface area contributed by atoms with Crippen molar-refractivity contribution >= 4 is 33.6 Å². The molecule has 0 saturated heterocycles. The number of nitrogens with one attached hydrogen (secondary N) is 1. The molecule has 0 aliphatic carbocycles. The van der Waals surface area contributed by atoms with Crippen LogP contribution >= 0.6 is 11.8 Å². The second-order valence-electron chi connectivity index (χ2n) is 5.08. The Morgan fingerprint density at radius 2 is 2.17 bits per heavy atom. The van der Waals surface area contributed by atoms with E-state index in [2.05, 4.69) is 9.71 Å². The highest BCUT2D eigenvalue weighted by Gasteiger charge is 2.32. The van der Waals surface area contributed by atoms with Gasteiger partial charge in [-0.05, 0) is 37.5 Å². The molecule has 0 radical (unpaired) electrons. The average molecular weight is 367 g/mol. The Morgan fingerprint density at radius 1 is 1.46 bits per heavy atom. The normalized spacial score (nSPS) is 19.0. The van der Waals surface area contributed by atoms with E-state index in [9.17, 15) is 13.2 Å². The Hall–Kier alpha value is -2.05. The number of nitriles is 1. The molecule has 1 N–H and O–H groups in total. The van der Waals surface area contributed by atoms with Gasteiger partial charge in [0.2, 0.25) is 0 Å². The van der Waals surface area contributed by atoms with Crippen LogP contribution in [0.4, 0.5) is 0 Å². The molecule has 24 heavy (non-hydrogen) atoms. The number of hydrogen-bond donors (Lipinski definition) is 1. The number of amidine groups is 1. The first kappa shape index (κ1) is 18.3. The van der Waals surface area contributed by atoms with Gasteiger partial charge in [-0.1, -0.05) is 12.1 Å². The van der Waals surface area contributed by atoms with Gasteiger partial charge in [0, 0.05) is 5.56 Å². The molecule has 9 heteroatoms. The lowest BCUT2D eigenvalue weighted by atomic mass is 10.2. The van der Waals surface area contributed by atoms with Crippen molar-refractivity contribution in [2.45, 2.75) is 30.4 Å². The van der Waals surface area contributed by atoms with Gasteiger partial charge in [-0.2, -0.15) is 17.0 Å². The molecule has 1 aliphatic rings. The largest absolute Gasteiger partial charge is 0.446 e. The maximum absolute atomic E-state index is 12.2. The molecule has 2 atom stereocenters. The molecule has 1 aromatic carbocycles. The van der Waals surface area contributed by atoms with Crippen molar-refractivity contribution in [3.63, 3.8) is 0 Å². The third-order valence-corrected chi connectivity index (χ3v) is 5.33. The number of benzene rings is 1. The minimum atomic E-state index is -3.66. The molecule has 0 saturated carbocycles. The van der Waals surface area contributed by atoms with E-state index in [4.69, 9.17) is 10.00 Å². The molecule has 128 valence electrons. The Bertz CT molecular complexity index is 799. The molecule has 0 unspecified atom stereocenters. The average Bonchev–Trinajstić information content (AvgIpc) is 2.82. The summed E-state index contributed by atoms with van der Waals surface area (Å²) in [6.07, 6.45) is 1.38. The van der Waals surface area contributed by atoms with Crippen LogP contribution in [-0.2, 0) is 19.6 Å². The lowest BCUT2D eigenvalue weighted by Crippen LogP contribution is -2.30. The summed E-state index contributed by atoms with van der Waals surface area (Å²) in [6.45, 7) is 1.46. The Kier molecular flexibility index (Phi) is 5.85. The molecule has 2 rings (SSSR count). The van der Waals surface area contributed by atoms with Gasteiger partial charge in [0.15, 0.2) is 12.1 Å². The van der Waals surface area contributed by atoms with E-state index in [1.807, 2.05) is 12.3 Å². The van der Waals surface area contributed by atoms with Gasteiger partial charge in [0.25, 0.3) is 10.0 Å². The van der Waals surface area contributed by atoms with Crippen LogP contribution in [0.25, 0.3) is 0 Å². The van der Waals surface area contributed by atoms with Crippen LogP contribution in [0.1, 0.15) is 18.9 Å². The second kappa shape index (κ2) is 7.68. The highest BCUT2D eigenvalue weighted by Crippen LogP contribution is 2.23. The molecule has 7 nitrogen and oxygen atoms in total. The Balaban J connectivity index is 2.34. The number of hydrogen-bond acceptors (Lipinski definition) is 7. The monoisotopic (exact) mass is 367 g/mol. The number of carbonyl (C=O) groups is 1. The molecular formula is C15H17N3O4S2. The first-order valence-corrected chi connectivity index (χ1v) is 10.1. The number of esters is 1. The summed E-state index contributed by atoms with van der Waals surface area (Å²) >= 11 is 1.53. The molecule has 0 spiro atoms. The number of thioether (sulfide) groups is 1. The predicted octanol–water partition coefficient (Wildman–Crippen LogP) is 1.30. The summed E-state index contributed by atoms with van der Waals surface area (Å²) in [6, 6.07) is 7.37. The van der Waals surface area contributed by atoms with Gasteiger partial charge in [-0.25, -0.2) is 13.2 Å². The zero-order chi connectivity index (χ0) is 17.7. The number of ether oxygens (including phenoxy) is 1. The summed E-state index contributed by atoms with van der Waals surface area (Å²) in [5, 5.41) is 8.77. The minimum absolute atomic E-state index is 0.123. The van der Waals surface area contributed by atoms with Crippen LogP contribution in [0, 0.1) is 11.3 Å². The molecule has 0 fully saturated rings. The van der Waals surface area contributed by atoms with E-state index < -0.39 is 28.1 Å². The Morgan fingerprint density at radius 3 is 2.83 bits per heavy atom. The fraction of sp³-hybridized carbons (Fsp3) is 0.400. The number of rotatable bonds is 6. The molecule has 0 amide bonds. The van der Waals surface area contributed by atoms with Crippen molar-refractivity contribution in [1.29, 1.82) is 5.26 Å². The minimum Gasteiger partial charge on any atom is -0.446 e. The molecule has 1 aromatic rings. The van der Waals surface area contributed by atoms with Crippen LogP contribution in [0.15, 0.2) is 34.2 Å². The van der Waals surface area contributed by atoms with Gasteiger partial charge in [-0.3, -0.25) is 9.71 Å².